The molecule has 0 bridgehead atoms. The second kappa shape index (κ2) is 9.16. The monoisotopic (exact) mass is 391 g/mol. The largest absolute Gasteiger partial charge is 0.495 e. The number of nitrogens with zero attached hydrogens (tertiary/aromatic N) is 2. The Balaban J connectivity index is 1.75. The average Bonchev–Trinajstić information content (AvgIpc) is 3.16. The van der Waals surface area contributed by atoms with Gasteiger partial charge in [-0.05, 0) is 54.9 Å². The van der Waals surface area contributed by atoms with Gasteiger partial charge in [-0.3, -0.25) is 4.98 Å². The highest BCUT2D eigenvalue weighted by Crippen LogP contribution is 2.28. The van der Waals surface area contributed by atoms with Crippen LogP contribution in [0.4, 0.5) is 5.69 Å². The lowest BCUT2D eigenvalue weighted by Gasteiger charge is -2.28. The van der Waals surface area contributed by atoms with E-state index in [-0.39, 0.29) is 6.10 Å². The minimum absolute atomic E-state index is 0.198. The van der Waals surface area contributed by atoms with Gasteiger partial charge in [0, 0.05) is 43.2 Å². The molecule has 0 radical (unpaired) electrons. The van der Waals surface area contributed by atoms with Crippen molar-refractivity contribution < 1.29 is 9.47 Å². The number of methoxy groups -OCH3 is 1. The van der Waals surface area contributed by atoms with Gasteiger partial charge in [-0.2, -0.15) is 0 Å². The number of pyridine rings is 1. The first-order valence-corrected chi connectivity index (χ1v) is 9.34. The molecule has 1 aromatic carbocycles. The van der Waals surface area contributed by atoms with E-state index >= 15 is 0 Å². The summed E-state index contributed by atoms with van der Waals surface area (Å²) in [5.74, 6) is 0.654. The number of rotatable bonds is 6. The van der Waals surface area contributed by atoms with E-state index in [2.05, 4.69) is 15.2 Å². The molecular weight excluding hydrogens is 370 g/mol. The molecule has 1 aliphatic rings. The first-order chi connectivity index (χ1) is 12.7. The molecule has 2 heterocycles. The summed E-state index contributed by atoms with van der Waals surface area (Å²) in [6.07, 6.45) is 5.93. The van der Waals surface area contributed by atoms with E-state index in [1.807, 2.05) is 24.3 Å². The Morgan fingerprint density at radius 1 is 1.38 bits per heavy atom. The average molecular weight is 392 g/mol. The minimum Gasteiger partial charge on any atom is -0.495 e. The summed E-state index contributed by atoms with van der Waals surface area (Å²) in [7, 11) is 1.61. The second-order valence-corrected chi connectivity index (χ2v) is 6.97. The third kappa shape index (κ3) is 5.06. The highest BCUT2D eigenvalue weighted by Gasteiger charge is 2.21. The lowest BCUT2D eigenvalue weighted by atomic mass is 10.2. The molecule has 1 fully saturated rings. The molecule has 1 N–H and O–H groups in total. The molecule has 0 saturated carbocycles. The maximum atomic E-state index is 6.04. The van der Waals surface area contributed by atoms with Gasteiger partial charge in [0.2, 0.25) is 0 Å². The van der Waals surface area contributed by atoms with Gasteiger partial charge in [-0.1, -0.05) is 11.6 Å². The van der Waals surface area contributed by atoms with E-state index < -0.39 is 0 Å². The van der Waals surface area contributed by atoms with Gasteiger partial charge in [-0.15, -0.1) is 0 Å². The third-order valence-corrected chi connectivity index (χ3v) is 4.86. The van der Waals surface area contributed by atoms with Crippen molar-refractivity contribution in [2.75, 3.05) is 25.6 Å². The fraction of sp³-hybridized carbons (Fsp3) is 0.368. The summed E-state index contributed by atoms with van der Waals surface area (Å²) in [5, 5.41) is 4.53. The number of halogens is 1. The van der Waals surface area contributed by atoms with Crippen LogP contribution in [0, 0.1) is 0 Å². The smallest absolute Gasteiger partial charge is 0.173 e. The molecule has 1 aromatic heterocycles. The Morgan fingerprint density at radius 3 is 2.88 bits per heavy atom. The molecule has 138 valence electrons. The fourth-order valence-corrected chi connectivity index (χ4v) is 3.34. The topological polar surface area (TPSA) is 46.6 Å². The summed E-state index contributed by atoms with van der Waals surface area (Å²) in [6, 6.07) is 9.42. The van der Waals surface area contributed by atoms with E-state index in [0.29, 0.717) is 22.4 Å². The van der Waals surface area contributed by atoms with Crippen LogP contribution in [0.1, 0.15) is 18.4 Å². The first kappa shape index (κ1) is 18.9. The number of aromatic nitrogens is 1. The van der Waals surface area contributed by atoms with Crippen molar-refractivity contribution >= 4 is 34.6 Å². The van der Waals surface area contributed by atoms with Crippen LogP contribution in [0.15, 0.2) is 42.7 Å². The number of hydrogen-bond acceptors (Lipinski definition) is 4. The highest BCUT2D eigenvalue weighted by molar-refractivity contribution is 7.80. The van der Waals surface area contributed by atoms with Crippen LogP contribution in [0.5, 0.6) is 5.75 Å². The molecule has 26 heavy (non-hydrogen) atoms. The molecule has 0 aliphatic carbocycles. The van der Waals surface area contributed by atoms with Gasteiger partial charge in [0.15, 0.2) is 5.11 Å². The van der Waals surface area contributed by atoms with Crippen LogP contribution in [0.3, 0.4) is 0 Å². The highest BCUT2D eigenvalue weighted by atomic mass is 35.5. The van der Waals surface area contributed by atoms with Crippen molar-refractivity contribution in [1.82, 2.24) is 9.88 Å². The Kier molecular flexibility index (Phi) is 6.66. The predicted molar refractivity (Wildman–Crippen MR) is 108 cm³/mol. The van der Waals surface area contributed by atoms with Crippen molar-refractivity contribution in [2.45, 2.75) is 25.5 Å². The minimum atomic E-state index is 0.198. The molecule has 1 saturated heterocycles. The van der Waals surface area contributed by atoms with Crippen LogP contribution in [-0.4, -0.2) is 41.4 Å². The third-order valence-electron chi connectivity index (χ3n) is 4.26. The van der Waals surface area contributed by atoms with E-state index in [1.165, 1.54) is 0 Å². The maximum Gasteiger partial charge on any atom is 0.173 e. The molecule has 0 amide bonds. The Labute approximate surface area is 164 Å². The van der Waals surface area contributed by atoms with Crippen LogP contribution in [0.2, 0.25) is 5.02 Å². The summed E-state index contributed by atoms with van der Waals surface area (Å²) in [4.78, 5) is 6.20. The van der Waals surface area contributed by atoms with E-state index in [9.17, 15) is 0 Å². The Hall–Kier alpha value is -1.89. The fourth-order valence-electron chi connectivity index (χ4n) is 2.92. The summed E-state index contributed by atoms with van der Waals surface area (Å²) < 4.78 is 11.2. The van der Waals surface area contributed by atoms with Crippen molar-refractivity contribution in [3.05, 3.63) is 53.3 Å². The van der Waals surface area contributed by atoms with E-state index in [0.717, 1.165) is 37.2 Å². The number of hydrogen-bond donors (Lipinski definition) is 1. The zero-order chi connectivity index (χ0) is 18.4. The van der Waals surface area contributed by atoms with E-state index in [4.69, 9.17) is 33.3 Å². The van der Waals surface area contributed by atoms with Gasteiger partial charge in [0.05, 0.1) is 18.9 Å². The van der Waals surface area contributed by atoms with Gasteiger partial charge in [-0.25, -0.2) is 0 Å². The molecule has 3 rings (SSSR count). The quantitative estimate of drug-likeness (QED) is 0.747. The first-order valence-electron chi connectivity index (χ1n) is 8.55. The zero-order valence-corrected chi connectivity index (χ0v) is 16.2. The van der Waals surface area contributed by atoms with Crippen molar-refractivity contribution in [2.24, 2.45) is 0 Å². The number of anilines is 1. The van der Waals surface area contributed by atoms with Crippen LogP contribution < -0.4 is 10.1 Å². The lowest BCUT2D eigenvalue weighted by Crippen LogP contribution is -2.39. The molecular formula is C19H22ClN3O2S. The van der Waals surface area contributed by atoms with Crippen LogP contribution >= 0.6 is 23.8 Å². The molecule has 1 atom stereocenters. The predicted octanol–water partition coefficient (Wildman–Crippen LogP) is 4.12. The van der Waals surface area contributed by atoms with Gasteiger partial charge in [0.1, 0.15) is 5.75 Å². The van der Waals surface area contributed by atoms with Crippen molar-refractivity contribution in [3.63, 3.8) is 0 Å². The molecule has 2 aromatic rings. The molecule has 7 heteroatoms. The lowest BCUT2D eigenvalue weighted by molar-refractivity contribution is 0.0905. The number of thiocarbonyl (C=S) groups is 1. The van der Waals surface area contributed by atoms with Crippen LogP contribution in [-0.2, 0) is 11.3 Å². The van der Waals surface area contributed by atoms with Gasteiger partial charge < -0.3 is 19.7 Å². The van der Waals surface area contributed by atoms with Crippen molar-refractivity contribution in [1.29, 1.82) is 0 Å². The zero-order valence-electron chi connectivity index (χ0n) is 14.7. The molecule has 1 unspecified atom stereocenters. The maximum absolute atomic E-state index is 6.04. The summed E-state index contributed by atoms with van der Waals surface area (Å²) in [5.41, 5.74) is 1.93. The van der Waals surface area contributed by atoms with Crippen molar-refractivity contribution in [3.8, 4) is 5.75 Å². The molecule has 0 spiro atoms. The normalized spacial score (nSPS) is 16.3. The number of benzene rings is 1. The number of nitrogens with one attached hydrogen (secondary N) is 1. The SMILES string of the molecule is COc1cc(Cl)ccc1NC(=S)N(Cc1ccncc1)CC1CCCO1. The summed E-state index contributed by atoms with van der Waals surface area (Å²) >= 11 is 11.7. The molecule has 5 nitrogen and oxygen atoms in total. The standard InChI is InChI=1S/C19H22ClN3O2S/c1-24-18-11-15(20)4-5-17(18)22-19(26)23(13-16-3-2-10-25-16)12-14-6-8-21-9-7-14/h4-9,11,16H,2-3,10,12-13H2,1H3,(H,22,26). The Bertz CT molecular complexity index is 739. The number of ether oxygens (including phenoxy) is 2. The molecule has 1 aliphatic heterocycles. The Morgan fingerprint density at radius 2 is 2.19 bits per heavy atom. The van der Waals surface area contributed by atoms with Gasteiger partial charge >= 0.3 is 0 Å². The van der Waals surface area contributed by atoms with Gasteiger partial charge in [0.25, 0.3) is 0 Å². The second-order valence-electron chi connectivity index (χ2n) is 6.15. The summed E-state index contributed by atoms with van der Waals surface area (Å²) in [6.45, 7) is 2.24. The van der Waals surface area contributed by atoms with E-state index in [1.54, 1.807) is 25.6 Å². The van der Waals surface area contributed by atoms with Crippen LogP contribution in [0.25, 0.3) is 0 Å².